The second-order valence-electron chi connectivity index (χ2n) is 15.6. The van der Waals surface area contributed by atoms with Gasteiger partial charge in [0.2, 0.25) is 0 Å². The molecule has 5 aromatic rings. The highest BCUT2D eigenvalue weighted by atomic mass is 14.7. The summed E-state index contributed by atoms with van der Waals surface area (Å²) in [5.41, 5.74) is 18.7. The van der Waals surface area contributed by atoms with Gasteiger partial charge in [0.25, 0.3) is 0 Å². The molecule has 0 unspecified atom stereocenters. The lowest BCUT2D eigenvalue weighted by Crippen LogP contribution is -2.17. The predicted molar refractivity (Wildman–Crippen MR) is 230 cm³/mol. The smallest absolute Gasteiger partial charge is 0.121 e. The first-order chi connectivity index (χ1) is 26.1. The summed E-state index contributed by atoms with van der Waals surface area (Å²) in [7, 11) is 0. The summed E-state index contributed by atoms with van der Waals surface area (Å²) < 4.78 is 0. The molecule has 0 aliphatic heterocycles. The lowest BCUT2D eigenvalue weighted by Gasteiger charge is -2.24. The Morgan fingerprint density at radius 1 is 0.796 bits per heavy atom. The van der Waals surface area contributed by atoms with Gasteiger partial charge in [-0.2, -0.15) is 0 Å². The Morgan fingerprint density at radius 3 is 2.35 bits per heavy atom. The fourth-order valence-corrected chi connectivity index (χ4v) is 8.83. The quantitative estimate of drug-likeness (QED) is 0.171. The van der Waals surface area contributed by atoms with Crippen LogP contribution in [0.1, 0.15) is 105 Å². The van der Waals surface area contributed by atoms with Crippen LogP contribution in [0, 0.1) is 23.7 Å². The van der Waals surface area contributed by atoms with Gasteiger partial charge in [0.15, 0.2) is 0 Å². The number of nitrogens with zero attached hydrogens (tertiary/aromatic N) is 1. The molecule has 4 aromatic carbocycles. The first-order valence-corrected chi connectivity index (χ1v) is 19.0. The third-order valence-electron chi connectivity index (χ3n) is 11.7. The van der Waals surface area contributed by atoms with Crippen molar-refractivity contribution in [3.63, 3.8) is 0 Å². The molecule has 54 heavy (non-hydrogen) atoms. The highest BCUT2D eigenvalue weighted by molar-refractivity contribution is 5.95. The van der Waals surface area contributed by atoms with Crippen molar-refractivity contribution in [3.05, 3.63) is 183 Å². The van der Waals surface area contributed by atoms with Crippen LogP contribution in [0.3, 0.4) is 0 Å². The molecule has 0 saturated carbocycles. The first kappa shape index (κ1) is 34.9. The first-order valence-electron chi connectivity index (χ1n) is 19.0. The molecule has 0 radical (unpaired) electrons. The molecule has 0 bridgehead atoms. The van der Waals surface area contributed by atoms with Crippen LogP contribution in [0.25, 0.3) is 45.2 Å². The van der Waals surface area contributed by atoms with E-state index in [0.717, 1.165) is 57.1 Å². The van der Waals surface area contributed by atoms with E-state index in [-0.39, 0.29) is 10.8 Å². The van der Waals surface area contributed by atoms with E-state index < -0.39 is 0 Å². The lowest BCUT2D eigenvalue weighted by molar-refractivity contribution is 0.652. The molecular weight excluding hydrogens is 651 g/mol. The number of aromatic nitrogens is 1. The monoisotopic (exact) mass is 695 g/mol. The Hall–Kier alpha value is -6.15. The van der Waals surface area contributed by atoms with Gasteiger partial charge < -0.3 is 0 Å². The van der Waals surface area contributed by atoms with Crippen LogP contribution in [0.2, 0.25) is 0 Å². The third kappa shape index (κ3) is 5.56. The SMILES string of the molecule is C=C/C=C1/CCC=C/C1=C(/C)C#Cc1cc2c(c(C=C)c1/C=C\C)-c1cc3c(cc1C2(C)C)-c1ccc(C#Cc2nccc4ccccc24)cc1C3(C)C. The summed E-state index contributed by atoms with van der Waals surface area (Å²) in [5.74, 6) is 14.0. The summed E-state index contributed by atoms with van der Waals surface area (Å²) >= 11 is 0. The van der Waals surface area contributed by atoms with Crippen LogP contribution in [-0.2, 0) is 10.8 Å². The van der Waals surface area contributed by atoms with Crippen molar-refractivity contribution in [2.45, 2.75) is 65.2 Å². The van der Waals surface area contributed by atoms with E-state index in [4.69, 9.17) is 0 Å². The molecule has 1 aromatic heterocycles. The van der Waals surface area contributed by atoms with E-state index in [0.29, 0.717) is 0 Å². The van der Waals surface area contributed by atoms with Gasteiger partial charge >= 0.3 is 0 Å². The number of fused-ring (bicyclic) bond motifs is 7. The van der Waals surface area contributed by atoms with E-state index >= 15 is 0 Å². The van der Waals surface area contributed by atoms with Crippen molar-refractivity contribution < 1.29 is 0 Å². The molecule has 0 amide bonds. The highest BCUT2D eigenvalue weighted by Crippen LogP contribution is 2.57. The number of benzene rings is 4. The zero-order valence-corrected chi connectivity index (χ0v) is 32.2. The topological polar surface area (TPSA) is 12.9 Å². The van der Waals surface area contributed by atoms with Crippen molar-refractivity contribution in [3.8, 4) is 45.9 Å². The van der Waals surface area contributed by atoms with Gasteiger partial charge in [0.05, 0.1) is 0 Å². The molecule has 1 nitrogen and oxygen atoms in total. The van der Waals surface area contributed by atoms with Crippen molar-refractivity contribution in [1.82, 2.24) is 4.98 Å². The molecule has 3 aliphatic carbocycles. The minimum absolute atomic E-state index is 0.203. The van der Waals surface area contributed by atoms with Gasteiger partial charge in [-0.1, -0.05) is 131 Å². The molecule has 3 aliphatic rings. The normalized spacial score (nSPS) is 17.2. The number of allylic oxidation sites excluding steroid dienone is 8. The maximum absolute atomic E-state index is 4.60. The maximum Gasteiger partial charge on any atom is 0.121 e. The fraction of sp³-hybridized carbons (Fsp3) is 0.189. The third-order valence-corrected chi connectivity index (χ3v) is 11.7. The van der Waals surface area contributed by atoms with E-state index in [1.165, 1.54) is 55.7 Å². The molecule has 0 saturated heterocycles. The number of hydrogen-bond donors (Lipinski definition) is 0. The minimum Gasteiger partial charge on any atom is -0.247 e. The molecule has 0 atom stereocenters. The standard InChI is InChI=1S/C53H45N/c1-9-16-36-18-12-14-20-40(36)34(4)22-25-38-31-49-51(39(11-3)41(38)17-10-2)45-33-47-44(32-48(45)53(49,7)8)43-26-23-35(30-46(43)52(47,5)6)24-27-50-42-21-15-13-19-37(42)28-29-54-50/h9-11,13-17,19-21,23,26,28-33H,1,3,12,18H2,2,4-8H3/b17-10-,36-16-,40-34+. The van der Waals surface area contributed by atoms with Crippen LogP contribution in [0.15, 0.2) is 133 Å². The van der Waals surface area contributed by atoms with Crippen molar-refractivity contribution in [1.29, 1.82) is 0 Å². The molecule has 262 valence electrons. The average Bonchev–Trinajstić information content (AvgIpc) is 3.53. The van der Waals surface area contributed by atoms with E-state index in [1.807, 2.05) is 30.5 Å². The predicted octanol–water partition coefficient (Wildman–Crippen LogP) is 13.1. The number of hydrogen-bond acceptors (Lipinski definition) is 1. The van der Waals surface area contributed by atoms with Crippen LogP contribution >= 0.6 is 0 Å². The largest absolute Gasteiger partial charge is 0.247 e. The minimum atomic E-state index is -0.231. The molecule has 0 N–H and O–H groups in total. The molecule has 8 rings (SSSR count). The van der Waals surface area contributed by atoms with E-state index in [9.17, 15) is 0 Å². The summed E-state index contributed by atoms with van der Waals surface area (Å²) in [4.78, 5) is 4.60. The number of pyridine rings is 1. The average molecular weight is 696 g/mol. The summed E-state index contributed by atoms with van der Waals surface area (Å²) in [6.45, 7) is 21.9. The summed E-state index contributed by atoms with van der Waals surface area (Å²) in [6, 6.07) is 24.3. The molecular formula is C53H45N. The Bertz CT molecular complexity index is 2700. The van der Waals surface area contributed by atoms with Crippen LogP contribution < -0.4 is 0 Å². The van der Waals surface area contributed by atoms with Gasteiger partial charge in [-0.05, 0) is 141 Å². The van der Waals surface area contributed by atoms with Crippen molar-refractivity contribution >= 4 is 22.9 Å². The van der Waals surface area contributed by atoms with Gasteiger partial charge in [0.1, 0.15) is 5.69 Å². The van der Waals surface area contributed by atoms with Gasteiger partial charge in [-0.25, -0.2) is 4.98 Å². The summed E-state index contributed by atoms with van der Waals surface area (Å²) in [6.07, 6.45) is 18.7. The van der Waals surface area contributed by atoms with Gasteiger partial charge in [0, 0.05) is 39.1 Å². The van der Waals surface area contributed by atoms with Crippen molar-refractivity contribution in [2.75, 3.05) is 0 Å². The van der Waals surface area contributed by atoms with E-state index in [1.54, 1.807) is 0 Å². The Kier molecular flexibility index (Phi) is 8.64. The van der Waals surface area contributed by atoms with Crippen LogP contribution in [0.4, 0.5) is 0 Å². The lowest BCUT2D eigenvalue weighted by atomic mass is 9.79. The summed E-state index contributed by atoms with van der Waals surface area (Å²) in [5, 5.41) is 2.23. The maximum atomic E-state index is 4.60. The van der Waals surface area contributed by atoms with Crippen LogP contribution in [-0.4, -0.2) is 4.98 Å². The van der Waals surface area contributed by atoms with Crippen molar-refractivity contribution in [2.24, 2.45) is 0 Å². The van der Waals surface area contributed by atoms with Gasteiger partial charge in [-0.15, -0.1) is 0 Å². The highest BCUT2D eigenvalue weighted by Gasteiger charge is 2.43. The zero-order chi connectivity index (χ0) is 37.8. The molecule has 1 heteroatoms. The molecule has 0 fully saturated rings. The number of rotatable bonds is 3. The van der Waals surface area contributed by atoms with Crippen LogP contribution in [0.5, 0.6) is 0 Å². The van der Waals surface area contributed by atoms with Gasteiger partial charge in [-0.3, -0.25) is 0 Å². The Balaban J connectivity index is 1.24. The molecule has 0 spiro atoms. The molecule has 1 heterocycles. The Morgan fingerprint density at radius 2 is 1.56 bits per heavy atom. The second-order valence-corrected chi connectivity index (χ2v) is 15.6. The van der Waals surface area contributed by atoms with E-state index in [2.05, 4.69) is 168 Å². The Labute approximate surface area is 321 Å². The fourth-order valence-electron chi connectivity index (χ4n) is 8.83. The zero-order valence-electron chi connectivity index (χ0n) is 32.2. The second kappa shape index (κ2) is 13.4.